The minimum absolute atomic E-state index is 0.0704. The molecule has 0 saturated carbocycles. The highest BCUT2D eigenvalue weighted by Gasteiger charge is 2.33. The van der Waals surface area contributed by atoms with Crippen molar-refractivity contribution in [2.45, 2.75) is 32.7 Å². The quantitative estimate of drug-likeness (QED) is 0.723. The first-order valence-electron chi connectivity index (χ1n) is 9.89. The van der Waals surface area contributed by atoms with Crippen LogP contribution in [-0.2, 0) is 13.0 Å². The Bertz CT molecular complexity index is 1220. The summed E-state index contributed by atoms with van der Waals surface area (Å²) in [7, 11) is 0. The van der Waals surface area contributed by atoms with Gasteiger partial charge in [-0.3, -0.25) is 4.79 Å². The number of benzene rings is 2. The number of fused-ring (bicyclic) bond motifs is 1. The summed E-state index contributed by atoms with van der Waals surface area (Å²) in [6.45, 7) is 4.37. The monoisotopic (exact) mass is 397 g/mol. The van der Waals surface area contributed by atoms with Gasteiger partial charge < -0.3 is 15.0 Å². The lowest BCUT2D eigenvalue weighted by Gasteiger charge is -2.27. The maximum atomic E-state index is 13.6. The molecule has 1 aliphatic heterocycles. The number of aryl methyl sites for hydroxylation is 2. The van der Waals surface area contributed by atoms with Crippen molar-refractivity contribution >= 4 is 0 Å². The Labute approximate surface area is 175 Å². The summed E-state index contributed by atoms with van der Waals surface area (Å²) in [5, 5.41) is 9.73. The molecule has 0 spiro atoms. The van der Waals surface area contributed by atoms with Gasteiger partial charge in [0.2, 0.25) is 5.88 Å². The van der Waals surface area contributed by atoms with Crippen molar-refractivity contribution in [3.8, 4) is 11.8 Å². The summed E-state index contributed by atoms with van der Waals surface area (Å²) in [4.78, 5) is 13.6. The molecule has 0 fully saturated rings. The van der Waals surface area contributed by atoms with Crippen molar-refractivity contribution < 1.29 is 4.74 Å². The van der Waals surface area contributed by atoms with Gasteiger partial charge in [-0.1, -0.05) is 60.2 Å². The Balaban J connectivity index is 1.83. The third kappa shape index (κ3) is 3.60. The van der Waals surface area contributed by atoms with Crippen molar-refractivity contribution in [3.63, 3.8) is 0 Å². The molecule has 3 aromatic rings. The standard InChI is InChI=1S/C25H23N3O2/c1-16-8-10-19(11-9-16)15-28-17(2)12-22-23(25(28)29)20(21(14-26)24(27)30-22)13-18-6-4-3-5-7-18/h3-12,20H,13,15,27H2,1-2H3/t20-/m0/s1. The Hall–Kier alpha value is -3.78. The second kappa shape index (κ2) is 7.92. The Morgan fingerprint density at radius 3 is 2.43 bits per heavy atom. The van der Waals surface area contributed by atoms with Gasteiger partial charge in [0.25, 0.3) is 5.56 Å². The van der Waals surface area contributed by atoms with E-state index in [1.165, 1.54) is 5.56 Å². The number of pyridine rings is 1. The van der Waals surface area contributed by atoms with E-state index in [2.05, 4.69) is 6.07 Å². The van der Waals surface area contributed by atoms with E-state index in [9.17, 15) is 10.1 Å². The predicted molar refractivity (Wildman–Crippen MR) is 116 cm³/mol. The minimum atomic E-state index is -0.446. The molecule has 0 aliphatic carbocycles. The summed E-state index contributed by atoms with van der Waals surface area (Å²) in [6, 6.07) is 21.9. The molecule has 2 aromatic carbocycles. The zero-order valence-corrected chi connectivity index (χ0v) is 17.1. The third-order valence-corrected chi connectivity index (χ3v) is 5.55. The summed E-state index contributed by atoms with van der Waals surface area (Å²) >= 11 is 0. The molecule has 0 unspecified atom stereocenters. The number of allylic oxidation sites excluding steroid dienone is 1. The highest BCUT2D eigenvalue weighted by Crippen LogP contribution is 2.38. The largest absolute Gasteiger partial charge is 0.440 e. The predicted octanol–water partition coefficient (Wildman–Crippen LogP) is 3.93. The molecule has 2 N–H and O–H groups in total. The molecule has 5 heteroatoms. The second-order valence-electron chi connectivity index (χ2n) is 7.67. The number of nitrogens with zero attached hydrogens (tertiary/aromatic N) is 2. The van der Waals surface area contributed by atoms with E-state index in [1.54, 1.807) is 4.57 Å². The van der Waals surface area contributed by atoms with Crippen LogP contribution in [0.2, 0.25) is 0 Å². The molecule has 5 nitrogen and oxygen atoms in total. The van der Waals surface area contributed by atoms with Crippen molar-refractivity contribution in [2.75, 3.05) is 0 Å². The van der Waals surface area contributed by atoms with Gasteiger partial charge in [0.15, 0.2) is 0 Å². The SMILES string of the molecule is Cc1ccc(Cn2c(C)cc3c(c2=O)[C@@H](Cc2ccccc2)C(C#N)=C(N)O3)cc1. The maximum absolute atomic E-state index is 13.6. The van der Waals surface area contributed by atoms with Gasteiger partial charge in [0, 0.05) is 17.7 Å². The lowest BCUT2D eigenvalue weighted by Crippen LogP contribution is -2.33. The van der Waals surface area contributed by atoms with E-state index in [0.717, 1.165) is 16.8 Å². The number of hydrogen-bond donors (Lipinski definition) is 1. The summed E-state index contributed by atoms with van der Waals surface area (Å²) in [5.41, 5.74) is 10.7. The minimum Gasteiger partial charge on any atom is -0.440 e. The number of rotatable bonds is 4. The lowest BCUT2D eigenvalue weighted by molar-refractivity contribution is 0.382. The number of ether oxygens (including phenoxy) is 1. The van der Waals surface area contributed by atoms with E-state index in [-0.39, 0.29) is 11.4 Å². The van der Waals surface area contributed by atoms with Gasteiger partial charge in [-0.15, -0.1) is 0 Å². The van der Waals surface area contributed by atoms with E-state index in [4.69, 9.17) is 10.5 Å². The average molecular weight is 397 g/mol. The zero-order chi connectivity index (χ0) is 21.3. The maximum Gasteiger partial charge on any atom is 0.258 e. The molecule has 30 heavy (non-hydrogen) atoms. The van der Waals surface area contributed by atoms with Crippen LogP contribution in [0.15, 0.2) is 76.9 Å². The lowest BCUT2D eigenvalue weighted by atomic mass is 9.85. The first kappa shape index (κ1) is 19.5. The van der Waals surface area contributed by atoms with Gasteiger partial charge in [0.05, 0.1) is 17.7 Å². The molecule has 0 radical (unpaired) electrons. The second-order valence-corrected chi connectivity index (χ2v) is 7.67. The fourth-order valence-corrected chi connectivity index (χ4v) is 3.91. The zero-order valence-electron chi connectivity index (χ0n) is 17.1. The summed E-state index contributed by atoms with van der Waals surface area (Å²) in [5.74, 6) is 0.0645. The molecule has 0 amide bonds. The van der Waals surface area contributed by atoms with Crippen LogP contribution in [-0.4, -0.2) is 4.57 Å². The summed E-state index contributed by atoms with van der Waals surface area (Å²) < 4.78 is 7.44. The van der Waals surface area contributed by atoms with Crippen LogP contribution in [0, 0.1) is 25.2 Å². The number of nitrogens with two attached hydrogens (primary N) is 1. The van der Waals surface area contributed by atoms with Crippen LogP contribution in [0.4, 0.5) is 0 Å². The smallest absolute Gasteiger partial charge is 0.258 e. The topological polar surface area (TPSA) is 81.0 Å². The van der Waals surface area contributed by atoms with E-state index in [1.807, 2.05) is 74.5 Å². The van der Waals surface area contributed by atoms with Crippen LogP contribution >= 0.6 is 0 Å². The number of hydrogen-bond acceptors (Lipinski definition) is 4. The van der Waals surface area contributed by atoms with Crippen molar-refractivity contribution in [2.24, 2.45) is 5.73 Å². The highest BCUT2D eigenvalue weighted by atomic mass is 16.5. The van der Waals surface area contributed by atoms with Gasteiger partial charge in [-0.25, -0.2) is 0 Å². The van der Waals surface area contributed by atoms with Gasteiger partial charge in [-0.2, -0.15) is 5.26 Å². The van der Waals surface area contributed by atoms with Crippen molar-refractivity contribution in [3.05, 3.63) is 110 Å². The third-order valence-electron chi connectivity index (χ3n) is 5.55. The van der Waals surface area contributed by atoms with E-state index in [0.29, 0.717) is 29.9 Å². The molecule has 1 atom stereocenters. The number of nitriles is 1. The molecule has 2 heterocycles. The molecule has 0 saturated heterocycles. The fourth-order valence-electron chi connectivity index (χ4n) is 3.91. The van der Waals surface area contributed by atoms with Gasteiger partial charge in [-0.05, 0) is 31.4 Å². The van der Waals surface area contributed by atoms with Crippen molar-refractivity contribution in [1.29, 1.82) is 5.26 Å². The average Bonchev–Trinajstić information content (AvgIpc) is 2.73. The van der Waals surface area contributed by atoms with Gasteiger partial charge >= 0.3 is 0 Å². The van der Waals surface area contributed by atoms with Crippen LogP contribution in [0.1, 0.15) is 33.9 Å². The molecular formula is C25H23N3O2. The van der Waals surface area contributed by atoms with Gasteiger partial charge in [0.1, 0.15) is 11.8 Å². The molecule has 150 valence electrons. The Kier molecular flexibility index (Phi) is 5.16. The van der Waals surface area contributed by atoms with Crippen LogP contribution in [0.3, 0.4) is 0 Å². The molecule has 0 bridgehead atoms. The molecule has 1 aliphatic rings. The first-order valence-corrected chi connectivity index (χ1v) is 9.89. The van der Waals surface area contributed by atoms with E-state index < -0.39 is 5.92 Å². The molecule has 1 aromatic heterocycles. The number of aromatic nitrogens is 1. The molecular weight excluding hydrogens is 374 g/mol. The van der Waals surface area contributed by atoms with Crippen molar-refractivity contribution in [1.82, 2.24) is 4.57 Å². The van der Waals surface area contributed by atoms with Crippen LogP contribution < -0.4 is 16.0 Å². The molecule has 4 rings (SSSR count). The highest BCUT2D eigenvalue weighted by molar-refractivity contribution is 5.50. The first-order chi connectivity index (χ1) is 14.5. The Morgan fingerprint density at radius 1 is 1.07 bits per heavy atom. The van der Waals surface area contributed by atoms with E-state index >= 15 is 0 Å². The Morgan fingerprint density at radius 2 is 1.77 bits per heavy atom. The normalized spacial score (nSPS) is 15.3. The fraction of sp³-hybridized carbons (Fsp3) is 0.200. The summed E-state index contributed by atoms with van der Waals surface area (Å²) in [6.07, 6.45) is 0.504. The van der Waals surface area contributed by atoms with Crippen LogP contribution in [0.25, 0.3) is 0 Å². The van der Waals surface area contributed by atoms with Crippen LogP contribution in [0.5, 0.6) is 5.75 Å².